The molecular weight excluding hydrogens is 432 g/mol. The second-order valence-corrected chi connectivity index (χ2v) is 8.74. The Morgan fingerprint density at radius 2 is 1.74 bits per heavy atom. The molecule has 31 heavy (non-hydrogen) atoms. The number of rotatable bonds is 7. The van der Waals surface area contributed by atoms with Crippen molar-refractivity contribution < 1.29 is 4.79 Å². The number of piperazine rings is 1. The van der Waals surface area contributed by atoms with Crippen molar-refractivity contribution in [2.24, 2.45) is 0 Å². The van der Waals surface area contributed by atoms with Crippen LogP contribution in [-0.2, 0) is 17.9 Å². The molecule has 2 aromatic heterocycles. The van der Waals surface area contributed by atoms with Crippen molar-refractivity contribution in [3.05, 3.63) is 59.4 Å². The maximum absolute atomic E-state index is 12.8. The van der Waals surface area contributed by atoms with Gasteiger partial charge in [-0.2, -0.15) is 0 Å². The molecule has 0 aliphatic carbocycles. The van der Waals surface area contributed by atoms with Crippen molar-refractivity contribution in [1.29, 1.82) is 0 Å². The average molecular weight is 457 g/mol. The lowest BCUT2D eigenvalue weighted by molar-refractivity contribution is -0.130. The molecule has 1 aliphatic heterocycles. The molecule has 0 atom stereocenters. The minimum Gasteiger partial charge on any atom is -0.339 e. The van der Waals surface area contributed by atoms with Crippen molar-refractivity contribution in [1.82, 2.24) is 29.5 Å². The highest BCUT2D eigenvalue weighted by molar-refractivity contribution is 7.99. The lowest BCUT2D eigenvalue weighted by Crippen LogP contribution is -2.48. The first-order valence-electron chi connectivity index (χ1n) is 10.3. The van der Waals surface area contributed by atoms with Crippen LogP contribution in [0.3, 0.4) is 0 Å². The summed E-state index contributed by atoms with van der Waals surface area (Å²) in [6.45, 7) is 6.91. The average Bonchev–Trinajstić information content (AvgIpc) is 3.23. The highest BCUT2D eigenvalue weighted by Gasteiger charge is 2.22. The molecule has 0 saturated carbocycles. The van der Waals surface area contributed by atoms with Gasteiger partial charge in [0.25, 0.3) is 0 Å². The van der Waals surface area contributed by atoms with Crippen LogP contribution < -0.4 is 0 Å². The van der Waals surface area contributed by atoms with Gasteiger partial charge >= 0.3 is 0 Å². The van der Waals surface area contributed by atoms with Gasteiger partial charge in [-0.05, 0) is 36.8 Å². The van der Waals surface area contributed by atoms with Gasteiger partial charge in [0.15, 0.2) is 11.0 Å². The van der Waals surface area contributed by atoms with Crippen molar-refractivity contribution >= 4 is 29.3 Å². The largest absolute Gasteiger partial charge is 0.339 e. The van der Waals surface area contributed by atoms with Gasteiger partial charge in [0.1, 0.15) is 0 Å². The monoisotopic (exact) mass is 456 g/mol. The molecule has 7 nitrogen and oxygen atoms in total. The Morgan fingerprint density at radius 3 is 2.42 bits per heavy atom. The fourth-order valence-electron chi connectivity index (χ4n) is 3.62. The van der Waals surface area contributed by atoms with E-state index in [1.54, 1.807) is 12.4 Å². The number of pyridine rings is 1. The standard InChI is InChI=1S/C22H25ClN6OS/c1-2-29-21(18-7-9-24-10-8-18)25-26-22(29)31-16-20(30)28-13-11-27(12-14-28)15-17-3-5-19(23)6-4-17/h3-10H,2,11-16H2,1H3. The first kappa shape index (κ1) is 21.8. The molecule has 162 valence electrons. The van der Waals surface area contributed by atoms with Crippen LogP contribution in [0.25, 0.3) is 11.4 Å². The highest BCUT2D eigenvalue weighted by atomic mass is 35.5. The first-order valence-corrected chi connectivity index (χ1v) is 11.7. The topological polar surface area (TPSA) is 67.2 Å². The maximum atomic E-state index is 12.8. The van der Waals surface area contributed by atoms with Crippen LogP contribution in [0.4, 0.5) is 0 Å². The molecule has 3 heterocycles. The van der Waals surface area contributed by atoms with E-state index in [1.165, 1.54) is 17.3 Å². The number of halogens is 1. The molecule has 1 aromatic carbocycles. The molecule has 3 aromatic rings. The van der Waals surface area contributed by atoms with Crippen LogP contribution in [0.5, 0.6) is 0 Å². The molecular formula is C22H25ClN6OS. The summed E-state index contributed by atoms with van der Waals surface area (Å²) in [6, 6.07) is 11.8. The van der Waals surface area contributed by atoms with Gasteiger partial charge in [-0.3, -0.25) is 14.7 Å². The van der Waals surface area contributed by atoms with E-state index in [9.17, 15) is 4.79 Å². The number of nitrogens with zero attached hydrogens (tertiary/aromatic N) is 6. The Bertz CT molecular complexity index is 1000. The zero-order chi connectivity index (χ0) is 21.6. The summed E-state index contributed by atoms with van der Waals surface area (Å²) >= 11 is 7.41. The minimum absolute atomic E-state index is 0.146. The Kier molecular flexibility index (Phi) is 7.21. The summed E-state index contributed by atoms with van der Waals surface area (Å²) < 4.78 is 2.04. The smallest absolute Gasteiger partial charge is 0.233 e. The van der Waals surface area contributed by atoms with E-state index in [-0.39, 0.29) is 5.91 Å². The summed E-state index contributed by atoms with van der Waals surface area (Å²) in [5.74, 6) is 1.31. The van der Waals surface area contributed by atoms with E-state index in [4.69, 9.17) is 11.6 Å². The van der Waals surface area contributed by atoms with Crippen molar-refractivity contribution in [2.75, 3.05) is 31.9 Å². The zero-order valence-corrected chi connectivity index (χ0v) is 19.0. The van der Waals surface area contributed by atoms with Crippen LogP contribution in [0, 0.1) is 0 Å². The Hall–Kier alpha value is -2.42. The number of carbonyl (C=O) groups is 1. The summed E-state index contributed by atoms with van der Waals surface area (Å²) in [4.78, 5) is 21.1. The molecule has 1 amide bonds. The quantitative estimate of drug-likeness (QED) is 0.507. The van der Waals surface area contributed by atoms with Crippen molar-refractivity contribution in [3.63, 3.8) is 0 Å². The molecule has 9 heteroatoms. The van der Waals surface area contributed by atoms with Crippen molar-refractivity contribution in [2.45, 2.75) is 25.2 Å². The number of amides is 1. The van der Waals surface area contributed by atoms with E-state index in [2.05, 4.69) is 39.1 Å². The fraction of sp³-hybridized carbons (Fsp3) is 0.364. The SMILES string of the molecule is CCn1c(SCC(=O)N2CCN(Cc3ccc(Cl)cc3)CC2)nnc1-c1ccncc1. The van der Waals surface area contributed by atoms with Gasteiger partial charge in [0.05, 0.1) is 5.75 Å². The third-order valence-electron chi connectivity index (χ3n) is 5.34. The van der Waals surface area contributed by atoms with E-state index >= 15 is 0 Å². The summed E-state index contributed by atoms with van der Waals surface area (Å²) in [5.41, 5.74) is 2.21. The normalized spacial score (nSPS) is 14.7. The molecule has 0 unspecified atom stereocenters. The van der Waals surface area contributed by atoms with Crippen LogP contribution in [0.1, 0.15) is 12.5 Å². The van der Waals surface area contributed by atoms with Crippen molar-refractivity contribution in [3.8, 4) is 11.4 Å². The zero-order valence-electron chi connectivity index (χ0n) is 17.4. The molecule has 1 saturated heterocycles. The van der Waals surface area contributed by atoms with Crippen LogP contribution >= 0.6 is 23.4 Å². The number of thioether (sulfide) groups is 1. The summed E-state index contributed by atoms with van der Waals surface area (Å²) in [7, 11) is 0. The van der Waals surface area contributed by atoms with E-state index < -0.39 is 0 Å². The fourth-order valence-corrected chi connectivity index (χ4v) is 4.65. The summed E-state index contributed by atoms with van der Waals surface area (Å²) in [6.07, 6.45) is 3.49. The van der Waals surface area contributed by atoms with E-state index in [1.807, 2.05) is 33.7 Å². The van der Waals surface area contributed by atoms with Crippen LogP contribution in [0.15, 0.2) is 53.9 Å². The van der Waals surface area contributed by atoms with Crippen LogP contribution in [0.2, 0.25) is 5.02 Å². The molecule has 4 rings (SSSR count). The minimum atomic E-state index is 0.146. The van der Waals surface area contributed by atoms with Crippen LogP contribution in [-0.4, -0.2) is 67.4 Å². The molecule has 0 bridgehead atoms. The van der Waals surface area contributed by atoms with E-state index in [0.29, 0.717) is 5.75 Å². The third kappa shape index (κ3) is 5.44. The number of hydrogen-bond donors (Lipinski definition) is 0. The number of benzene rings is 1. The van der Waals surface area contributed by atoms with Gasteiger partial charge < -0.3 is 9.47 Å². The molecule has 1 aliphatic rings. The number of carbonyl (C=O) groups excluding carboxylic acids is 1. The second kappa shape index (κ2) is 10.3. The van der Waals surface area contributed by atoms with Gasteiger partial charge in [0, 0.05) is 62.2 Å². The third-order valence-corrected chi connectivity index (χ3v) is 6.54. The predicted octanol–water partition coefficient (Wildman–Crippen LogP) is 3.45. The molecule has 0 radical (unpaired) electrons. The lowest BCUT2D eigenvalue weighted by Gasteiger charge is -2.34. The number of hydrogen-bond acceptors (Lipinski definition) is 6. The lowest BCUT2D eigenvalue weighted by atomic mass is 10.2. The molecule has 1 fully saturated rings. The highest BCUT2D eigenvalue weighted by Crippen LogP contribution is 2.24. The van der Waals surface area contributed by atoms with E-state index in [0.717, 1.165) is 60.8 Å². The Labute approximate surface area is 191 Å². The van der Waals surface area contributed by atoms with Gasteiger partial charge in [-0.15, -0.1) is 10.2 Å². The maximum Gasteiger partial charge on any atom is 0.233 e. The van der Waals surface area contributed by atoms with Gasteiger partial charge in [-0.1, -0.05) is 35.5 Å². The number of aromatic nitrogens is 4. The second-order valence-electron chi connectivity index (χ2n) is 7.36. The first-order chi connectivity index (χ1) is 15.1. The van der Waals surface area contributed by atoms with Gasteiger partial charge in [-0.25, -0.2) is 0 Å². The predicted molar refractivity (Wildman–Crippen MR) is 123 cm³/mol. The summed E-state index contributed by atoms with van der Waals surface area (Å²) in [5, 5.41) is 10.2. The Balaban J connectivity index is 1.29. The Morgan fingerprint density at radius 1 is 1.03 bits per heavy atom. The molecule has 0 N–H and O–H groups in total. The van der Waals surface area contributed by atoms with Gasteiger partial charge in [0.2, 0.25) is 5.91 Å². The molecule has 0 spiro atoms.